The van der Waals surface area contributed by atoms with Crippen molar-refractivity contribution < 1.29 is 14.7 Å². The van der Waals surface area contributed by atoms with Crippen molar-refractivity contribution in [3.8, 4) is 0 Å². The van der Waals surface area contributed by atoms with Gasteiger partial charge in [0.2, 0.25) is 5.91 Å². The first-order valence-electron chi connectivity index (χ1n) is 6.93. The van der Waals surface area contributed by atoms with Gasteiger partial charge in [-0.3, -0.25) is 4.79 Å². The molecule has 0 bridgehead atoms. The summed E-state index contributed by atoms with van der Waals surface area (Å²) in [7, 11) is 0. The molecule has 0 atom stereocenters. The zero-order valence-corrected chi connectivity index (χ0v) is 11.6. The second-order valence-corrected chi connectivity index (χ2v) is 5.40. The van der Waals surface area contributed by atoms with Gasteiger partial charge >= 0.3 is 5.97 Å². The largest absolute Gasteiger partial charge is 0.478 e. The third-order valence-electron chi connectivity index (χ3n) is 4.27. The van der Waals surface area contributed by atoms with Crippen molar-refractivity contribution in [3.63, 3.8) is 0 Å². The smallest absolute Gasteiger partial charge is 0.335 e. The van der Waals surface area contributed by atoms with E-state index in [2.05, 4.69) is 5.32 Å². The summed E-state index contributed by atoms with van der Waals surface area (Å²) in [6, 6.07) is 4.36. The molecule has 0 heterocycles. The molecular formula is C15H20N2O3. The van der Waals surface area contributed by atoms with Gasteiger partial charge < -0.3 is 16.2 Å². The highest BCUT2D eigenvalue weighted by atomic mass is 16.4. The maximum atomic E-state index is 12.5. The summed E-state index contributed by atoms with van der Waals surface area (Å²) in [6.07, 6.45) is 4.78. The molecule has 5 heteroatoms. The molecule has 1 amide bonds. The third kappa shape index (κ3) is 2.61. The van der Waals surface area contributed by atoms with E-state index in [0.717, 1.165) is 32.1 Å². The number of carbonyl (C=O) groups excluding carboxylic acids is 1. The number of nitrogens with one attached hydrogen (secondary N) is 1. The Kier molecular flexibility index (Phi) is 3.97. The minimum absolute atomic E-state index is 0.00715. The molecule has 0 saturated heterocycles. The number of hydrogen-bond donors (Lipinski definition) is 3. The lowest BCUT2D eigenvalue weighted by molar-refractivity contribution is -0.125. The Balaban J connectivity index is 2.17. The van der Waals surface area contributed by atoms with Crippen LogP contribution in [-0.4, -0.2) is 17.0 Å². The monoisotopic (exact) mass is 276 g/mol. The Morgan fingerprint density at radius 3 is 2.50 bits per heavy atom. The maximum Gasteiger partial charge on any atom is 0.335 e. The van der Waals surface area contributed by atoms with Gasteiger partial charge in [0.15, 0.2) is 0 Å². The summed E-state index contributed by atoms with van der Waals surface area (Å²) in [6.45, 7) is 2.03. The molecule has 20 heavy (non-hydrogen) atoms. The van der Waals surface area contributed by atoms with Crippen LogP contribution in [0.15, 0.2) is 18.2 Å². The van der Waals surface area contributed by atoms with Crippen LogP contribution in [0, 0.1) is 5.41 Å². The van der Waals surface area contributed by atoms with Crippen LogP contribution < -0.4 is 11.1 Å². The van der Waals surface area contributed by atoms with Gasteiger partial charge in [0.1, 0.15) is 0 Å². The fourth-order valence-electron chi connectivity index (χ4n) is 2.86. The summed E-state index contributed by atoms with van der Waals surface area (Å²) >= 11 is 0. The lowest BCUT2D eigenvalue weighted by Crippen LogP contribution is -2.33. The van der Waals surface area contributed by atoms with E-state index in [-0.39, 0.29) is 22.6 Å². The van der Waals surface area contributed by atoms with Crippen LogP contribution in [0.25, 0.3) is 0 Å². The number of hydrogen-bond acceptors (Lipinski definition) is 3. The molecule has 0 aliphatic heterocycles. The number of anilines is 2. The van der Waals surface area contributed by atoms with Crippen molar-refractivity contribution >= 4 is 23.3 Å². The average molecular weight is 276 g/mol. The van der Waals surface area contributed by atoms with Gasteiger partial charge in [0.05, 0.1) is 16.9 Å². The fourth-order valence-corrected chi connectivity index (χ4v) is 2.86. The van der Waals surface area contributed by atoms with Crippen molar-refractivity contribution in [2.45, 2.75) is 39.0 Å². The summed E-state index contributed by atoms with van der Waals surface area (Å²) < 4.78 is 0. The van der Waals surface area contributed by atoms with Crippen LogP contribution >= 0.6 is 0 Å². The molecule has 0 radical (unpaired) electrons. The van der Waals surface area contributed by atoms with Gasteiger partial charge in [0, 0.05) is 5.41 Å². The molecule has 0 aromatic heterocycles. The zero-order chi connectivity index (χ0) is 14.8. The first-order valence-corrected chi connectivity index (χ1v) is 6.93. The molecule has 2 rings (SSSR count). The molecule has 0 spiro atoms. The Morgan fingerprint density at radius 1 is 1.35 bits per heavy atom. The molecule has 108 valence electrons. The highest BCUT2D eigenvalue weighted by molar-refractivity contribution is 5.99. The van der Waals surface area contributed by atoms with E-state index in [4.69, 9.17) is 10.8 Å². The van der Waals surface area contributed by atoms with Crippen LogP contribution in [0.5, 0.6) is 0 Å². The number of carbonyl (C=O) groups is 2. The fraction of sp³-hybridized carbons (Fsp3) is 0.467. The van der Waals surface area contributed by atoms with Crippen LogP contribution in [0.3, 0.4) is 0 Å². The summed E-state index contributed by atoms with van der Waals surface area (Å²) in [4.78, 5) is 23.3. The van der Waals surface area contributed by atoms with Gasteiger partial charge in [-0.05, 0) is 37.5 Å². The molecule has 1 aliphatic carbocycles. The van der Waals surface area contributed by atoms with E-state index in [1.807, 2.05) is 6.92 Å². The molecule has 1 fully saturated rings. The van der Waals surface area contributed by atoms with Crippen molar-refractivity contribution in [2.24, 2.45) is 5.41 Å². The number of carboxylic acid groups (broad SMARTS) is 1. The van der Waals surface area contributed by atoms with E-state index in [0.29, 0.717) is 5.69 Å². The van der Waals surface area contributed by atoms with E-state index in [1.165, 1.54) is 12.1 Å². The number of rotatable bonds is 4. The van der Waals surface area contributed by atoms with Gasteiger partial charge in [-0.25, -0.2) is 4.79 Å². The van der Waals surface area contributed by atoms with E-state index in [9.17, 15) is 9.59 Å². The van der Waals surface area contributed by atoms with Crippen LogP contribution in [-0.2, 0) is 4.79 Å². The topological polar surface area (TPSA) is 92.4 Å². The van der Waals surface area contributed by atoms with E-state index in [1.54, 1.807) is 6.07 Å². The minimum Gasteiger partial charge on any atom is -0.478 e. The van der Waals surface area contributed by atoms with Gasteiger partial charge in [-0.15, -0.1) is 0 Å². The molecule has 1 saturated carbocycles. The molecular weight excluding hydrogens is 256 g/mol. The normalized spacial score (nSPS) is 16.9. The predicted molar refractivity (Wildman–Crippen MR) is 77.6 cm³/mol. The van der Waals surface area contributed by atoms with Crippen LogP contribution in [0.4, 0.5) is 11.4 Å². The number of nitrogens with two attached hydrogens (primary N) is 1. The zero-order valence-electron chi connectivity index (χ0n) is 11.6. The highest BCUT2D eigenvalue weighted by Gasteiger charge is 2.39. The number of benzene rings is 1. The van der Waals surface area contributed by atoms with Gasteiger partial charge in [-0.1, -0.05) is 19.8 Å². The number of carboxylic acids is 1. The molecule has 4 N–H and O–H groups in total. The van der Waals surface area contributed by atoms with Crippen LogP contribution in [0.2, 0.25) is 0 Å². The Bertz CT molecular complexity index is 534. The summed E-state index contributed by atoms with van der Waals surface area (Å²) in [5, 5.41) is 11.7. The maximum absolute atomic E-state index is 12.5. The molecule has 1 aromatic rings. The van der Waals surface area contributed by atoms with Gasteiger partial charge in [-0.2, -0.15) is 0 Å². The van der Waals surface area contributed by atoms with Crippen molar-refractivity contribution in [3.05, 3.63) is 23.8 Å². The first-order chi connectivity index (χ1) is 9.48. The number of amides is 1. The molecule has 0 unspecified atom stereocenters. The summed E-state index contributed by atoms with van der Waals surface area (Å²) in [5.41, 5.74) is 6.40. The van der Waals surface area contributed by atoms with E-state index >= 15 is 0 Å². The van der Waals surface area contributed by atoms with Gasteiger partial charge in [0.25, 0.3) is 0 Å². The average Bonchev–Trinajstić information content (AvgIpc) is 2.90. The predicted octanol–water partition coefficient (Wildman–Crippen LogP) is 2.88. The standard InChI is InChI=1S/C15H20N2O3/c1-2-15(7-3-4-8-15)14(20)17-12-6-5-10(13(18)19)9-11(12)16/h5-6,9H,2-4,7-8,16H2,1H3,(H,17,20)(H,18,19). The van der Waals surface area contributed by atoms with Crippen molar-refractivity contribution in [2.75, 3.05) is 11.1 Å². The number of nitrogen functional groups attached to an aromatic ring is 1. The van der Waals surface area contributed by atoms with Crippen molar-refractivity contribution in [1.29, 1.82) is 0 Å². The minimum atomic E-state index is -1.03. The quantitative estimate of drug-likeness (QED) is 0.737. The Hall–Kier alpha value is -2.04. The second-order valence-electron chi connectivity index (χ2n) is 5.40. The SMILES string of the molecule is CCC1(C(=O)Nc2ccc(C(=O)O)cc2N)CCCC1. The number of aromatic carboxylic acids is 1. The summed E-state index contributed by atoms with van der Waals surface area (Å²) in [5.74, 6) is -1.04. The van der Waals surface area contributed by atoms with Crippen LogP contribution in [0.1, 0.15) is 49.4 Å². The third-order valence-corrected chi connectivity index (χ3v) is 4.27. The lowest BCUT2D eigenvalue weighted by Gasteiger charge is -2.26. The molecule has 5 nitrogen and oxygen atoms in total. The molecule has 1 aromatic carbocycles. The Labute approximate surface area is 118 Å². The Morgan fingerprint density at radius 2 is 2.00 bits per heavy atom. The molecule has 1 aliphatic rings. The highest BCUT2D eigenvalue weighted by Crippen LogP contribution is 2.42. The lowest BCUT2D eigenvalue weighted by atomic mass is 9.82. The first kappa shape index (κ1) is 14.4. The van der Waals surface area contributed by atoms with E-state index < -0.39 is 5.97 Å². The van der Waals surface area contributed by atoms with Crippen molar-refractivity contribution in [1.82, 2.24) is 0 Å². The second kappa shape index (κ2) is 5.53.